The molecule has 0 saturated carbocycles. The molecule has 11 heteroatoms. The second-order valence-electron chi connectivity index (χ2n) is 10.9. The lowest BCUT2D eigenvalue weighted by molar-refractivity contribution is -0.141. The minimum atomic E-state index is -4.54. The lowest BCUT2D eigenvalue weighted by Crippen LogP contribution is -2.45. The number of hydrogen-bond acceptors (Lipinski definition) is 5. The Morgan fingerprint density at radius 2 is 1.78 bits per heavy atom. The van der Waals surface area contributed by atoms with Crippen molar-refractivity contribution >= 4 is 17.5 Å². The molecule has 1 saturated heterocycles. The summed E-state index contributed by atoms with van der Waals surface area (Å²) in [6, 6.07) is 14.8. The van der Waals surface area contributed by atoms with Gasteiger partial charge in [-0.15, -0.1) is 0 Å². The Morgan fingerprint density at radius 3 is 2.49 bits per heavy atom. The summed E-state index contributed by atoms with van der Waals surface area (Å²) in [5.41, 5.74) is 1.98. The van der Waals surface area contributed by atoms with E-state index in [0.717, 1.165) is 42.3 Å². The third-order valence-electron chi connectivity index (χ3n) is 8.14. The molecule has 5 rings (SSSR count). The highest BCUT2D eigenvalue weighted by atomic mass is 19.4. The van der Waals surface area contributed by atoms with E-state index in [9.17, 15) is 22.8 Å². The number of hydrogen-bond donors (Lipinski definition) is 0. The number of aryl methyl sites for hydroxylation is 2. The number of benzene rings is 1. The van der Waals surface area contributed by atoms with Gasteiger partial charge in [0, 0.05) is 75.7 Å². The fourth-order valence-corrected chi connectivity index (χ4v) is 6.04. The third kappa shape index (κ3) is 6.61. The average molecular weight is 569 g/mol. The van der Waals surface area contributed by atoms with E-state index in [1.807, 2.05) is 42.5 Å². The number of para-hydroxylation sites is 1. The van der Waals surface area contributed by atoms with Gasteiger partial charge in [-0.2, -0.15) is 18.3 Å². The van der Waals surface area contributed by atoms with E-state index in [1.54, 1.807) is 29.8 Å². The highest BCUT2D eigenvalue weighted by Crippen LogP contribution is 2.33. The van der Waals surface area contributed by atoms with E-state index in [1.165, 1.54) is 4.68 Å². The van der Waals surface area contributed by atoms with E-state index in [-0.39, 0.29) is 36.9 Å². The average Bonchev–Trinajstić information content (AvgIpc) is 3.49. The molecule has 41 heavy (non-hydrogen) atoms. The van der Waals surface area contributed by atoms with Gasteiger partial charge in [-0.25, -0.2) is 0 Å². The van der Waals surface area contributed by atoms with Gasteiger partial charge in [0.25, 0.3) is 0 Å². The molecule has 0 unspecified atom stereocenters. The van der Waals surface area contributed by atoms with E-state index < -0.39 is 11.9 Å². The summed E-state index contributed by atoms with van der Waals surface area (Å²) in [4.78, 5) is 37.1. The number of halogens is 3. The number of carbonyl (C=O) groups is 2. The molecule has 0 spiro atoms. The van der Waals surface area contributed by atoms with E-state index in [2.05, 4.69) is 15.0 Å². The minimum absolute atomic E-state index is 0.00873. The highest BCUT2D eigenvalue weighted by molar-refractivity contribution is 5.92. The fraction of sp³-hybridized carbons (Fsp3) is 0.467. The van der Waals surface area contributed by atoms with Crippen LogP contribution in [-0.4, -0.2) is 61.6 Å². The summed E-state index contributed by atoms with van der Waals surface area (Å²) in [6.07, 6.45) is -0.119. The molecule has 218 valence electrons. The van der Waals surface area contributed by atoms with E-state index in [4.69, 9.17) is 0 Å². The van der Waals surface area contributed by atoms with E-state index >= 15 is 0 Å². The number of anilines is 1. The van der Waals surface area contributed by atoms with Crippen LogP contribution in [0.4, 0.5) is 18.9 Å². The van der Waals surface area contributed by atoms with Gasteiger partial charge in [-0.1, -0.05) is 24.3 Å². The zero-order valence-electron chi connectivity index (χ0n) is 23.3. The van der Waals surface area contributed by atoms with Crippen molar-refractivity contribution in [3.8, 4) is 0 Å². The van der Waals surface area contributed by atoms with Gasteiger partial charge >= 0.3 is 6.18 Å². The zero-order valence-corrected chi connectivity index (χ0v) is 23.3. The molecule has 0 N–H and O–H groups in total. The topological polar surface area (TPSA) is 74.6 Å². The monoisotopic (exact) mass is 568 g/mol. The molecule has 2 bridgehead atoms. The molecule has 1 fully saturated rings. The SMILES string of the molecule is CC(=O)N1CC[C@@H]2CC[C@H](CN(C(=O)CCn3nc(C(F)(F)F)cc3C)Cc3ccccc31)N2Cc1ccccn1. The second-order valence-corrected chi connectivity index (χ2v) is 10.9. The maximum absolute atomic E-state index is 13.8. The molecule has 3 aromatic rings. The molecule has 8 nitrogen and oxygen atoms in total. The van der Waals surface area contributed by atoms with Crippen molar-refractivity contribution in [3.63, 3.8) is 0 Å². The molecule has 2 atom stereocenters. The summed E-state index contributed by atoms with van der Waals surface area (Å²) < 4.78 is 40.8. The van der Waals surface area contributed by atoms with Crippen LogP contribution in [0, 0.1) is 6.92 Å². The predicted octanol–water partition coefficient (Wildman–Crippen LogP) is 4.81. The van der Waals surface area contributed by atoms with Gasteiger partial charge in [-0.3, -0.25) is 24.2 Å². The molecule has 4 heterocycles. The summed E-state index contributed by atoms with van der Waals surface area (Å²) in [6.45, 7) is 5.13. The Hall–Kier alpha value is -3.73. The predicted molar refractivity (Wildman–Crippen MR) is 148 cm³/mol. The van der Waals surface area contributed by atoms with Crippen molar-refractivity contribution in [2.45, 2.75) is 77.4 Å². The van der Waals surface area contributed by atoms with Crippen molar-refractivity contribution in [2.24, 2.45) is 0 Å². The van der Waals surface area contributed by atoms with Crippen LogP contribution in [-0.2, 0) is 35.4 Å². The van der Waals surface area contributed by atoms with Crippen molar-refractivity contribution in [1.82, 2.24) is 24.6 Å². The van der Waals surface area contributed by atoms with Gasteiger partial charge < -0.3 is 9.80 Å². The smallest absolute Gasteiger partial charge is 0.337 e. The zero-order chi connectivity index (χ0) is 29.1. The Bertz CT molecular complexity index is 1380. The van der Waals surface area contributed by atoms with Gasteiger partial charge in [-0.05, 0) is 56.0 Å². The van der Waals surface area contributed by atoms with Crippen LogP contribution in [0.3, 0.4) is 0 Å². The van der Waals surface area contributed by atoms with Crippen LogP contribution in [0.25, 0.3) is 0 Å². The quantitative estimate of drug-likeness (QED) is 0.442. The van der Waals surface area contributed by atoms with Crippen LogP contribution in [0.15, 0.2) is 54.7 Å². The maximum atomic E-state index is 13.8. The highest BCUT2D eigenvalue weighted by Gasteiger charge is 2.37. The van der Waals surface area contributed by atoms with E-state index in [0.29, 0.717) is 31.9 Å². The number of fused-ring (bicyclic) bond motifs is 3. The van der Waals surface area contributed by atoms with Crippen molar-refractivity contribution in [1.29, 1.82) is 0 Å². The maximum Gasteiger partial charge on any atom is 0.435 e. The van der Waals surface area contributed by atoms with Gasteiger partial charge in [0.15, 0.2) is 5.69 Å². The van der Waals surface area contributed by atoms with Crippen molar-refractivity contribution in [3.05, 3.63) is 77.4 Å². The summed E-state index contributed by atoms with van der Waals surface area (Å²) in [7, 11) is 0. The van der Waals surface area contributed by atoms with Gasteiger partial charge in [0.05, 0.1) is 5.69 Å². The summed E-state index contributed by atoms with van der Waals surface area (Å²) in [5, 5.41) is 3.70. The van der Waals surface area contributed by atoms with Crippen molar-refractivity contribution in [2.75, 3.05) is 18.0 Å². The molecule has 1 aromatic carbocycles. The normalized spacial score (nSPS) is 20.0. The Kier molecular flexibility index (Phi) is 8.44. The molecular weight excluding hydrogens is 533 g/mol. The Labute approximate surface area is 237 Å². The first-order chi connectivity index (χ1) is 19.6. The molecule has 0 radical (unpaired) electrons. The van der Waals surface area contributed by atoms with Crippen LogP contribution < -0.4 is 4.90 Å². The number of aromatic nitrogens is 3. The standard InChI is InChI=1S/C30H35F3N6O2/c1-21-17-28(30(31,32)33)35-39(21)16-13-29(41)36-18-23-7-3-4-9-27(23)37(22(2)40)15-12-25-10-11-26(20-36)38(25)19-24-8-5-6-14-34-24/h3-9,14,17,25-26H,10-13,15-16,18-20H2,1-2H3/t25-,26+/m0/s1. The van der Waals surface area contributed by atoms with Gasteiger partial charge in [0.1, 0.15) is 0 Å². The lowest BCUT2D eigenvalue weighted by atomic mass is 10.1. The number of rotatable bonds is 5. The molecule has 2 aliphatic rings. The lowest BCUT2D eigenvalue weighted by Gasteiger charge is -2.33. The molecule has 2 aromatic heterocycles. The number of nitrogens with zero attached hydrogens (tertiary/aromatic N) is 6. The molecule has 2 amide bonds. The third-order valence-corrected chi connectivity index (χ3v) is 8.14. The Balaban J connectivity index is 1.44. The first kappa shape index (κ1) is 28.8. The molecule has 2 aliphatic heterocycles. The van der Waals surface area contributed by atoms with Gasteiger partial charge in [0.2, 0.25) is 11.8 Å². The van der Waals surface area contributed by atoms with Crippen LogP contribution in [0.5, 0.6) is 0 Å². The van der Waals surface area contributed by atoms with Crippen LogP contribution >= 0.6 is 0 Å². The second kappa shape index (κ2) is 12.0. The summed E-state index contributed by atoms with van der Waals surface area (Å²) >= 11 is 0. The molecular formula is C30H35F3N6O2. The molecule has 0 aliphatic carbocycles. The Morgan fingerprint density at radius 1 is 1.02 bits per heavy atom. The fourth-order valence-electron chi connectivity index (χ4n) is 6.04. The first-order valence-electron chi connectivity index (χ1n) is 14.0. The van der Waals surface area contributed by atoms with Crippen LogP contribution in [0.1, 0.15) is 55.3 Å². The first-order valence-corrected chi connectivity index (χ1v) is 14.0. The number of carbonyl (C=O) groups excluding carboxylic acids is 2. The largest absolute Gasteiger partial charge is 0.435 e. The van der Waals surface area contributed by atoms with Crippen LogP contribution in [0.2, 0.25) is 0 Å². The summed E-state index contributed by atoms with van der Waals surface area (Å²) in [5.74, 6) is -0.229. The number of amides is 2. The number of alkyl halides is 3. The number of pyridine rings is 1. The minimum Gasteiger partial charge on any atom is -0.337 e. The van der Waals surface area contributed by atoms with Crippen molar-refractivity contribution < 1.29 is 22.8 Å².